The average Bonchev–Trinajstić information content (AvgIpc) is 2.58. The molecule has 0 aromatic heterocycles. The number of hydrogen-bond donors (Lipinski definition) is 0. The number of esters is 1. The first-order chi connectivity index (χ1) is 11.3. The van der Waals surface area contributed by atoms with Crippen LogP contribution in [0, 0.1) is 0 Å². The first kappa shape index (κ1) is 18.9. The van der Waals surface area contributed by atoms with E-state index in [1.165, 1.54) is 12.0 Å². The number of alkyl halides is 3. The van der Waals surface area contributed by atoms with Gasteiger partial charge in [-0.05, 0) is 12.0 Å². The van der Waals surface area contributed by atoms with Crippen molar-refractivity contribution in [3.8, 4) is 0 Å². The lowest BCUT2D eigenvalue weighted by molar-refractivity contribution is -0.147. The van der Waals surface area contributed by atoms with Gasteiger partial charge in [-0.3, -0.25) is 4.90 Å². The van der Waals surface area contributed by atoms with Gasteiger partial charge < -0.3 is 9.47 Å². The zero-order valence-corrected chi connectivity index (χ0v) is 15.1. The fourth-order valence-electron chi connectivity index (χ4n) is 2.46. The maximum Gasteiger partial charge on any atom is 0.411 e. The molecule has 0 bridgehead atoms. The number of methoxy groups -OCH3 is 1. The zero-order chi connectivity index (χ0) is 17.7. The van der Waals surface area contributed by atoms with Crippen LogP contribution >= 0.6 is 34.8 Å². The number of hydrogen-bond acceptors (Lipinski definition) is 4. The maximum absolute atomic E-state index is 12.5. The Morgan fingerprint density at radius 2 is 1.92 bits per heavy atom. The van der Waals surface area contributed by atoms with Crippen LogP contribution in [0.25, 0.3) is 0 Å². The number of halogens is 3. The SMILES string of the molecule is COC(=O)[C@H]1CC=C[C@H](c2ccccc2)N1C(=O)OCC(Cl)(Cl)Cl. The molecule has 1 aromatic rings. The molecule has 5 nitrogen and oxygen atoms in total. The predicted molar refractivity (Wildman–Crippen MR) is 92.2 cm³/mol. The first-order valence-electron chi connectivity index (χ1n) is 7.15. The number of rotatable bonds is 3. The van der Waals surface area contributed by atoms with E-state index in [9.17, 15) is 9.59 Å². The fraction of sp³-hybridized carbons (Fsp3) is 0.375. The van der Waals surface area contributed by atoms with E-state index in [4.69, 9.17) is 44.3 Å². The second kappa shape index (κ2) is 8.10. The van der Waals surface area contributed by atoms with Crippen LogP contribution in [-0.2, 0) is 14.3 Å². The molecular formula is C16H16Cl3NO4. The highest BCUT2D eigenvalue weighted by Gasteiger charge is 2.39. The molecule has 0 aliphatic carbocycles. The van der Waals surface area contributed by atoms with Crippen LogP contribution in [-0.4, -0.2) is 40.5 Å². The molecule has 0 saturated heterocycles. The molecule has 0 N–H and O–H groups in total. The molecule has 0 fully saturated rings. The van der Waals surface area contributed by atoms with Crippen molar-refractivity contribution in [2.24, 2.45) is 0 Å². The van der Waals surface area contributed by atoms with Crippen molar-refractivity contribution in [2.45, 2.75) is 22.3 Å². The maximum atomic E-state index is 12.5. The van der Waals surface area contributed by atoms with Crippen LogP contribution in [0.1, 0.15) is 18.0 Å². The summed E-state index contributed by atoms with van der Waals surface area (Å²) in [6.45, 7) is -0.424. The van der Waals surface area contributed by atoms with E-state index in [1.54, 1.807) is 0 Å². The summed E-state index contributed by atoms with van der Waals surface area (Å²) < 4.78 is 8.14. The largest absolute Gasteiger partial charge is 0.467 e. The van der Waals surface area contributed by atoms with Crippen LogP contribution in [0.4, 0.5) is 4.79 Å². The van der Waals surface area contributed by atoms with Crippen LogP contribution in [0.15, 0.2) is 42.5 Å². The van der Waals surface area contributed by atoms with E-state index in [1.807, 2.05) is 42.5 Å². The summed E-state index contributed by atoms with van der Waals surface area (Å²) in [4.78, 5) is 25.9. The third kappa shape index (κ3) is 4.79. The number of amides is 1. The van der Waals surface area contributed by atoms with Gasteiger partial charge in [-0.15, -0.1) is 0 Å². The molecule has 130 valence electrons. The lowest BCUT2D eigenvalue weighted by atomic mass is 9.97. The quantitative estimate of drug-likeness (QED) is 0.442. The highest BCUT2D eigenvalue weighted by atomic mass is 35.6. The highest BCUT2D eigenvalue weighted by molar-refractivity contribution is 6.67. The Bertz CT molecular complexity index is 615. The minimum atomic E-state index is -1.73. The molecule has 1 aliphatic heterocycles. The summed E-state index contributed by atoms with van der Waals surface area (Å²) in [5.74, 6) is -0.536. The molecule has 1 heterocycles. The number of benzene rings is 1. The zero-order valence-electron chi connectivity index (χ0n) is 12.8. The van der Waals surface area contributed by atoms with Crippen molar-refractivity contribution in [1.82, 2.24) is 4.90 Å². The van der Waals surface area contributed by atoms with Gasteiger partial charge in [-0.1, -0.05) is 77.3 Å². The molecule has 0 unspecified atom stereocenters. The minimum Gasteiger partial charge on any atom is -0.467 e. The summed E-state index contributed by atoms with van der Waals surface area (Å²) >= 11 is 16.9. The van der Waals surface area contributed by atoms with Crippen molar-refractivity contribution >= 4 is 46.9 Å². The summed E-state index contributed by atoms with van der Waals surface area (Å²) in [6, 6.07) is 7.96. The van der Waals surface area contributed by atoms with E-state index in [-0.39, 0.29) is 0 Å². The summed E-state index contributed by atoms with van der Waals surface area (Å²) in [5.41, 5.74) is 0.827. The van der Waals surface area contributed by atoms with Crippen LogP contribution in [0.5, 0.6) is 0 Å². The third-order valence-corrected chi connectivity index (χ3v) is 3.82. The van der Waals surface area contributed by atoms with Gasteiger partial charge in [0.2, 0.25) is 3.79 Å². The molecule has 8 heteroatoms. The van der Waals surface area contributed by atoms with Gasteiger partial charge in [-0.2, -0.15) is 0 Å². The first-order valence-corrected chi connectivity index (χ1v) is 8.28. The number of nitrogens with zero attached hydrogens (tertiary/aromatic N) is 1. The van der Waals surface area contributed by atoms with Gasteiger partial charge in [0.25, 0.3) is 0 Å². The van der Waals surface area contributed by atoms with Crippen molar-refractivity contribution < 1.29 is 19.1 Å². The number of ether oxygens (including phenoxy) is 2. The third-order valence-electron chi connectivity index (χ3n) is 3.50. The van der Waals surface area contributed by atoms with E-state index < -0.39 is 34.5 Å². The van der Waals surface area contributed by atoms with Crippen LogP contribution in [0.3, 0.4) is 0 Å². The molecule has 24 heavy (non-hydrogen) atoms. The Hall–Kier alpha value is -1.43. The summed E-state index contributed by atoms with van der Waals surface area (Å²) in [7, 11) is 1.27. The smallest absolute Gasteiger partial charge is 0.411 e. The van der Waals surface area contributed by atoms with E-state index >= 15 is 0 Å². The Balaban J connectivity index is 2.30. The second-order valence-corrected chi connectivity index (χ2v) is 7.65. The normalized spacial score (nSPS) is 20.6. The standard InChI is InChI=1S/C16H16Cl3NO4/c1-23-14(21)13-9-5-8-12(11-6-3-2-4-7-11)20(13)15(22)24-10-16(17,18)19/h2-8,12-13H,9-10H2,1H3/t12-,13-/m1/s1. The molecule has 0 spiro atoms. The van der Waals surface area contributed by atoms with Gasteiger partial charge >= 0.3 is 12.1 Å². The Morgan fingerprint density at radius 3 is 2.50 bits per heavy atom. The lowest BCUT2D eigenvalue weighted by Gasteiger charge is -2.37. The minimum absolute atomic E-state index is 0.318. The average molecular weight is 393 g/mol. The van der Waals surface area contributed by atoms with Crippen molar-refractivity contribution in [3.05, 3.63) is 48.0 Å². The van der Waals surface area contributed by atoms with Gasteiger partial charge in [-0.25, -0.2) is 9.59 Å². The molecule has 2 atom stereocenters. The number of carbonyl (C=O) groups excluding carboxylic acids is 2. The Labute approximate surface area is 155 Å². The fourth-order valence-corrected chi connectivity index (χ4v) is 2.63. The molecule has 2 rings (SSSR count). The molecule has 1 aromatic carbocycles. The van der Waals surface area contributed by atoms with E-state index in [0.717, 1.165) is 5.56 Å². The van der Waals surface area contributed by atoms with E-state index in [2.05, 4.69) is 0 Å². The molecule has 0 saturated carbocycles. The highest BCUT2D eigenvalue weighted by Crippen LogP contribution is 2.32. The van der Waals surface area contributed by atoms with Crippen molar-refractivity contribution in [3.63, 3.8) is 0 Å². The van der Waals surface area contributed by atoms with Gasteiger partial charge in [0.1, 0.15) is 12.6 Å². The Kier molecular flexibility index (Phi) is 6.38. The monoisotopic (exact) mass is 391 g/mol. The van der Waals surface area contributed by atoms with Gasteiger partial charge in [0, 0.05) is 0 Å². The van der Waals surface area contributed by atoms with Crippen LogP contribution < -0.4 is 0 Å². The Morgan fingerprint density at radius 1 is 1.25 bits per heavy atom. The molecule has 0 radical (unpaired) electrons. The number of carbonyl (C=O) groups is 2. The second-order valence-electron chi connectivity index (χ2n) is 5.14. The van der Waals surface area contributed by atoms with Gasteiger partial charge in [0.05, 0.1) is 13.2 Å². The van der Waals surface area contributed by atoms with Crippen molar-refractivity contribution in [2.75, 3.05) is 13.7 Å². The molecular weight excluding hydrogens is 377 g/mol. The summed E-state index contributed by atoms with van der Waals surface area (Å²) in [5, 5.41) is 0. The lowest BCUT2D eigenvalue weighted by Crippen LogP contribution is -2.49. The predicted octanol–water partition coefficient (Wildman–Crippen LogP) is 4.04. The van der Waals surface area contributed by atoms with Gasteiger partial charge in [0.15, 0.2) is 0 Å². The van der Waals surface area contributed by atoms with Crippen molar-refractivity contribution in [1.29, 1.82) is 0 Å². The van der Waals surface area contributed by atoms with E-state index in [0.29, 0.717) is 6.42 Å². The molecule has 1 amide bonds. The molecule has 1 aliphatic rings. The summed E-state index contributed by atoms with van der Waals surface area (Å²) in [6.07, 6.45) is 3.22. The van der Waals surface area contributed by atoms with Crippen LogP contribution in [0.2, 0.25) is 0 Å². The topological polar surface area (TPSA) is 55.8 Å².